The maximum Gasteiger partial charge on any atom is 0.349 e. The fourth-order valence-electron chi connectivity index (χ4n) is 3.99. The Morgan fingerprint density at radius 3 is 2.76 bits per heavy atom. The minimum Gasteiger partial charge on any atom is -0.448 e. The lowest BCUT2D eigenvalue weighted by Crippen LogP contribution is -2.40. The van der Waals surface area contributed by atoms with Gasteiger partial charge in [-0.05, 0) is 61.9 Å². The molecule has 33 heavy (non-hydrogen) atoms. The summed E-state index contributed by atoms with van der Waals surface area (Å²) in [5.41, 5.74) is 1.51. The number of ether oxygens (including phenoxy) is 2. The van der Waals surface area contributed by atoms with Crippen LogP contribution in [0.4, 0.5) is 5.69 Å². The molecule has 1 aliphatic carbocycles. The minimum atomic E-state index is -3.68. The second-order valence-corrected chi connectivity index (χ2v) is 11.6. The van der Waals surface area contributed by atoms with E-state index in [1.807, 2.05) is 6.07 Å². The summed E-state index contributed by atoms with van der Waals surface area (Å²) in [5.74, 6) is -0.448. The molecule has 1 amide bonds. The van der Waals surface area contributed by atoms with Crippen LogP contribution in [0, 0.1) is 5.92 Å². The van der Waals surface area contributed by atoms with E-state index in [0.29, 0.717) is 29.7 Å². The molecule has 2 aromatic rings. The number of nitrogens with one attached hydrogen (secondary N) is 1. The number of amides is 1. The van der Waals surface area contributed by atoms with Gasteiger partial charge in [0.15, 0.2) is 6.10 Å². The quantitative estimate of drug-likeness (QED) is 0.622. The Morgan fingerprint density at radius 1 is 1.24 bits per heavy atom. The first kappa shape index (κ1) is 23.9. The molecule has 1 aromatic heterocycles. The molecular weight excluding hydrogens is 464 g/mol. The van der Waals surface area contributed by atoms with Crippen molar-refractivity contribution in [3.05, 3.63) is 45.6 Å². The van der Waals surface area contributed by atoms with Crippen LogP contribution in [-0.4, -0.2) is 57.0 Å². The molecule has 1 saturated heterocycles. The van der Waals surface area contributed by atoms with E-state index in [9.17, 15) is 18.0 Å². The Morgan fingerprint density at radius 2 is 2.00 bits per heavy atom. The number of benzene rings is 1. The summed E-state index contributed by atoms with van der Waals surface area (Å²) < 4.78 is 37.7. The van der Waals surface area contributed by atoms with Gasteiger partial charge in [-0.3, -0.25) is 4.79 Å². The molecule has 1 fully saturated rings. The number of anilines is 1. The third kappa shape index (κ3) is 5.46. The molecule has 2 unspecified atom stereocenters. The largest absolute Gasteiger partial charge is 0.448 e. The average Bonchev–Trinajstić information content (AvgIpc) is 3.23. The Balaban J connectivity index is 1.39. The van der Waals surface area contributed by atoms with Crippen molar-refractivity contribution in [1.82, 2.24) is 4.31 Å². The van der Waals surface area contributed by atoms with Crippen LogP contribution in [0.3, 0.4) is 0 Å². The molecule has 2 heterocycles. The highest BCUT2D eigenvalue weighted by Crippen LogP contribution is 2.32. The summed E-state index contributed by atoms with van der Waals surface area (Å²) in [7, 11) is -3.68. The summed E-state index contributed by atoms with van der Waals surface area (Å²) in [5, 5.41) is 2.65. The van der Waals surface area contributed by atoms with E-state index in [2.05, 4.69) is 12.2 Å². The van der Waals surface area contributed by atoms with Gasteiger partial charge in [-0.25, -0.2) is 13.2 Å². The first-order chi connectivity index (χ1) is 15.7. The number of thiophene rings is 1. The van der Waals surface area contributed by atoms with Crippen molar-refractivity contribution < 1.29 is 27.5 Å². The van der Waals surface area contributed by atoms with E-state index in [-0.39, 0.29) is 18.0 Å². The van der Waals surface area contributed by atoms with Gasteiger partial charge in [-0.15, -0.1) is 11.3 Å². The van der Waals surface area contributed by atoms with Gasteiger partial charge < -0.3 is 14.8 Å². The van der Waals surface area contributed by atoms with Crippen LogP contribution >= 0.6 is 11.3 Å². The van der Waals surface area contributed by atoms with Crippen LogP contribution in [-0.2, 0) is 37.1 Å². The average molecular weight is 493 g/mol. The number of esters is 1. The lowest BCUT2D eigenvalue weighted by molar-refractivity contribution is -0.123. The maximum atomic E-state index is 12.9. The molecule has 0 spiro atoms. The van der Waals surface area contributed by atoms with Crippen molar-refractivity contribution in [1.29, 1.82) is 0 Å². The molecule has 10 heteroatoms. The van der Waals surface area contributed by atoms with Gasteiger partial charge in [0.25, 0.3) is 5.91 Å². The second-order valence-electron chi connectivity index (χ2n) is 8.49. The number of morpholine rings is 1. The standard InChI is InChI=1S/C23H28N2O6S2/c1-15-6-7-20-17(12-15)13-21(32-20)23(27)31-16(2)22(26)24-18-4-3-5-19(14-18)33(28,29)25-8-10-30-11-9-25/h3-5,13-16H,6-12H2,1-2H3,(H,24,26). The number of fused-ring (bicyclic) bond motifs is 1. The van der Waals surface area contributed by atoms with Gasteiger partial charge in [-0.2, -0.15) is 4.31 Å². The van der Waals surface area contributed by atoms with Gasteiger partial charge in [-0.1, -0.05) is 13.0 Å². The number of hydrogen-bond acceptors (Lipinski definition) is 7. The monoisotopic (exact) mass is 492 g/mol. The molecule has 4 rings (SSSR count). The van der Waals surface area contributed by atoms with E-state index in [4.69, 9.17) is 9.47 Å². The van der Waals surface area contributed by atoms with Crippen molar-refractivity contribution in [2.24, 2.45) is 5.92 Å². The SMILES string of the molecule is CC1CCc2sc(C(=O)OC(C)C(=O)Nc3cccc(S(=O)(=O)N4CCOCC4)c3)cc2C1. The molecule has 0 bridgehead atoms. The smallest absolute Gasteiger partial charge is 0.349 e. The number of sulfonamides is 1. The van der Waals surface area contributed by atoms with Gasteiger partial charge >= 0.3 is 5.97 Å². The third-order valence-corrected chi connectivity index (χ3v) is 9.00. The van der Waals surface area contributed by atoms with Gasteiger partial charge in [0.2, 0.25) is 10.0 Å². The van der Waals surface area contributed by atoms with E-state index in [1.54, 1.807) is 12.1 Å². The fourth-order valence-corrected chi connectivity index (χ4v) is 6.54. The van der Waals surface area contributed by atoms with Crippen LogP contribution in [0.1, 0.15) is 40.4 Å². The Bertz CT molecular complexity index is 1140. The highest BCUT2D eigenvalue weighted by Gasteiger charge is 2.27. The fraction of sp³-hybridized carbons (Fsp3) is 0.478. The van der Waals surface area contributed by atoms with E-state index >= 15 is 0 Å². The first-order valence-corrected chi connectivity index (χ1v) is 13.3. The second kappa shape index (κ2) is 9.92. The summed E-state index contributed by atoms with van der Waals surface area (Å²) in [6.45, 7) is 4.98. The lowest BCUT2D eigenvalue weighted by atomic mass is 9.90. The van der Waals surface area contributed by atoms with Crippen molar-refractivity contribution in [3.63, 3.8) is 0 Å². The molecule has 178 valence electrons. The van der Waals surface area contributed by atoms with Crippen molar-refractivity contribution >= 4 is 38.9 Å². The molecule has 1 N–H and O–H groups in total. The molecule has 1 aliphatic heterocycles. The zero-order chi connectivity index (χ0) is 23.6. The number of hydrogen-bond donors (Lipinski definition) is 1. The normalized spacial score (nSPS) is 20.0. The summed E-state index contributed by atoms with van der Waals surface area (Å²) in [6, 6.07) is 7.94. The summed E-state index contributed by atoms with van der Waals surface area (Å²) in [4.78, 5) is 27.0. The van der Waals surface area contributed by atoms with Crippen molar-refractivity contribution in [2.45, 2.75) is 44.1 Å². The highest BCUT2D eigenvalue weighted by atomic mass is 32.2. The van der Waals surface area contributed by atoms with Crippen LogP contribution in [0.5, 0.6) is 0 Å². The number of aryl methyl sites for hydroxylation is 1. The van der Waals surface area contributed by atoms with E-state index < -0.39 is 28.0 Å². The number of carbonyl (C=O) groups excluding carboxylic acids is 2. The number of nitrogens with zero attached hydrogens (tertiary/aromatic N) is 1. The Labute approximate surface area is 197 Å². The summed E-state index contributed by atoms with van der Waals surface area (Å²) >= 11 is 1.43. The Hall–Kier alpha value is -2.27. The highest BCUT2D eigenvalue weighted by molar-refractivity contribution is 7.89. The van der Waals surface area contributed by atoms with Crippen LogP contribution < -0.4 is 5.32 Å². The molecular formula is C23H28N2O6S2. The van der Waals surface area contributed by atoms with Crippen LogP contribution in [0.25, 0.3) is 0 Å². The molecule has 1 aromatic carbocycles. The van der Waals surface area contributed by atoms with Crippen LogP contribution in [0.2, 0.25) is 0 Å². The molecule has 2 atom stereocenters. The first-order valence-electron chi connectivity index (χ1n) is 11.1. The minimum absolute atomic E-state index is 0.0882. The van der Waals surface area contributed by atoms with E-state index in [1.165, 1.54) is 45.1 Å². The lowest BCUT2D eigenvalue weighted by Gasteiger charge is -2.26. The number of carbonyl (C=O) groups is 2. The zero-order valence-corrected chi connectivity index (χ0v) is 20.3. The predicted octanol–water partition coefficient (Wildman–Crippen LogP) is 3.08. The molecule has 8 nitrogen and oxygen atoms in total. The molecule has 0 saturated carbocycles. The summed E-state index contributed by atoms with van der Waals surface area (Å²) in [6.07, 6.45) is 2.00. The topological polar surface area (TPSA) is 102 Å². The van der Waals surface area contributed by atoms with Crippen molar-refractivity contribution in [3.8, 4) is 0 Å². The van der Waals surface area contributed by atoms with E-state index in [0.717, 1.165) is 19.3 Å². The van der Waals surface area contributed by atoms with Gasteiger partial charge in [0.05, 0.1) is 18.1 Å². The predicted molar refractivity (Wildman–Crippen MR) is 125 cm³/mol. The zero-order valence-electron chi connectivity index (χ0n) is 18.7. The van der Waals surface area contributed by atoms with Gasteiger partial charge in [0, 0.05) is 23.7 Å². The third-order valence-electron chi connectivity index (χ3n) is 5.89. The molecule has 2 aliphatic rings. The van der Waals surface area contributed by atoms with Gasteiger partial charge in [0.1, 0.15) is 4.88 Å². The Kier molecular flexibility index (Phi) is 7.18. The van der Waals surface area contributed by atoms with Crippen LogP contribution in [0.15, 0.2) is 35.2 Å². The van der Waals surface area contributed by atoms with Crippen molar-refractivity contribution in [2.75, 3.05) is 31.6 Å². The number of rotatable bonds is 6. The maximum absolute atomic E-state index is 12.9. The molecule has 0 radical (unpaired) electrons.